The molecule has 0 heterocycles. The second-order valence-corrected chi connectivity index (χ2v) is 13.6. The van der Waals surface area contributed by atoms with Gasteiger partial charge in [-0.2, -0.15) is 0 Å². The molecule has 0 radical (unpaired) electrons. The van der Waals surface area contributed by atoms with Gasteiger partial charge in [0, 0.05) is 9.89 Å². The molecule has 1 spiro atoms. The molecule has 0 aromatic heterocycles. The van der Waals surface area contributed by atoms with Crippen LogP contribution in [0.25, 0.3) is 44.2 Å². The summed E-state index contributed by atoms with van der Waals surface area (Å²) in [6.45, 7) is 0. The number of rotatable bonds is 2. The standard InChI is InChI=1S/C38H31Br/c39-31-15-12-26(13-16-31)25-8-10-28(11-9-25)33-6-3-7-34-35-17-14-27-4-1-2-5-32(27)37(35)38(36(33)34)29-19-23-18-24(21-29)22-30(38)20-23/h1-17,23-24,29-30H,18-22H2. The quantitative estimate of drug-likeness (QED) is 0.199. The Labute approximate surface area is 239 Å². The number of halogens is 1. The van der Waals surface area contributed by atoms with Gasteiger partial charge in [-0.3, -0.25) is 0 Å². The Kier molecular flexibility index (Phi) is 4.75. The zero-order valence-electron chi connectivity index (χ0n) is 22.0. The van der Waals surface area contributed by atoms with Crippen molar-refractivity contribution in [1.82, 2.24) is 0 Å². The molecule has 0 N–H and O–H groups in total. The molecule has 5 aliphatic carbocycles. The summed E-state index contributed by atoms with van der Waals surface area (Å²) in [5.74, 6) is 3.39. The molecule has 4 fully saturated rings. The summed E-state index contributed by atoms with van der Waals surface area (Å²) >= 11 is 3.58. The molecule has 0 nitrogen and oxygen atoms in total. The molecular formula is C38H31Br. The van der Waals surface area contributed by atoms with Gasteiger partial charge in [-0.25, -0.2) is 0 Å². The highest BCUT2D eigenvalue weighted by Crippen LogP contribution is 2.71. The van der Waals surface area contributed by atoms with Crippen molar-refractivity contribution in [3.8, 4) is 33.4 Å². The number of benzene rings is 5. The van der Waals surface area contributed by atoms with E-state index >= 15 is 0 Å². The van der Waals surface area contributed by atoms with Crippen LogP contribution in [-0.4, -0.2) is 0 Å². The summed E-state index contributed by atoms with van der Waals surface area (Å²) in [5, 5.41) is 2.90. The van der Waals surface area contributed by atoms with Crippen LogP contribution in [0.2, 0.25) is 0 Å². The lowest BCUT2D eigenvalue weighted by molar-refractivity contribution is -0.0391. The predicted molar refractivity (Wildman–Crippen MR) is 166 cm³/mol. The first-order valence-corrected chi connectivity index (χ1v) is 15.5. The van der Waals surface area contributed by atoms with E-state index in [1.807, 2.05) is 0 Å². The normalized spacial score (nSPS) is 27.7. The van der Waals surface area contributed by atoms with Crippen molar-refractivity contribution in [1.29, 1.82) is 0 Å². The van der Waals surface area contributed by atoms with E-state index < -0.39 is 0 Å². The average molecular weight is 568 g/mol. The summed E-state index contributed by atoms with van der Waals surface area (Å²) in [6, 6.07) is 39.2. The summed E-state index contributed by atoms with van der Waals surface area (Å²) < 4.78 is 1.12. The Hall–Kier alpha value is -3.16. The van der Waals surface area contributed by atoms with Crippen LogP contribution in [0.4, 0.5) is 0 Å². The highest BCUT2D eigenvalue weighted by atomic mass is 79.9. The summed E-state index contributed by atoms with van der Waals surface area (Å²) in [6.07, 6.45) is 7.12. The van der Waals surface area contributed by atoms with Crippen LogP contribution in [0.5, 0.6) is 0 Å². The van der Waals surface area contributed by atoms with Gasteiger partial charge in [0.15, 0.2) is 0 Å². The maximum atomic E-state index is 3.58. The largest absolute Gasteiger partial charge is 0.0616 e. The fourth-order valence-corrected chi connectivity index (χ4v) is 10.0. The molecule has 5 aromatic carbocycles. The van der Waals surface area contributed by atoms with Gasteiger partial charge in [-0.1, -0.05) is 107 Å². The fraction of sp³-hybridized carbons (Fsp3) is 0.263. The Balaban J connectivity index is 1.29. The summed E-state index contributed by atoms with van der Waals surface area (Å²) in [5.41, 5.74) is 11.8. The smallest absolute Gasteiger partial charge is 0.0284 e. The van der Waals surface area contributed by atoms with E-state index in [9.17, 15) is 0 Å². The van der Waals surface area contributed by atoms with Gasteiger partial charge in [0.05, 0.1) is 0 Å². The van der Waals surface area contributed by atoms with Gasteiger partial charge < -0.3 is 0 Å². The SMILES string of the molecule is Brc1ccc(-c2ccc(-c3cccc4c3C3(c5c-4ccc4ccccc54)C4CC5CC(C4)CC3C5)cc2)cc1. The van der Waals surface area contributed by atoms with E-state index in [-0.39, 0.29) is 5.41 Å². The molecule has 0 amide bonds. The third-order valence-electron chi connectivity index (χ3n) is 10.9. The van der Waals surface area contributed by atoms with Crippen molar-refractivity contribution in [2.45, 2.75) is 37.5 Å². The molecule has 4 bridgehead atoms. The number of hydrogen-bond acceptors (Lipinski definition) is 0. The highest BCUT2D eigenvalue weighted by molar-refractivity contribution is 9.10. The molecule has 4 saturated carbocycles. The van der Waals surface area contributed by atoms with Crippen LogP contribution in [0.15, 0.2) is 108 Å². The zero-order chi connectivity index (χ0) is 25.7. The minimum atomic E-state index is 0.139. The Bertz CT molecular complexity index is 1730. The van der Waals surface area contributed by atoms with Gasteiger partial charge in [-0.15, -0.1) is 0 Å². The molecule has 0 atom stereocenters. The lowest BCUT2D eigenvalue weighted by Gasteiger charge is -2.61. The Morgan fingerprint density at radius 1 is 0.487 bits per heavy atom. The van der Waals surface area contributed by atoms with Crippen molar-refractivity contribution < 1.29 is 0 Å². The van der Waals surface area contributed by atoms with Crippen molar-refractivity contribution in [2.75, 3.05) is 0 Å². The van der Waals surface area contributed by atoms with Crippen LogP contribution in [0.3, 0.4) is 0 Å². The molecule has 0 saturated heterocycles. The predicted octanol–water partition coefficient (Wildman–Crippen LogP) is 10.7. The van der Waals surface area contributed by atoms with E-state index in [4.69, 9.17) is 0 Å². The van der Waals surface area contributed by atoms with E-state index in [0.717, 1.165) is 28.1 Å². The monoisotopic (exact) mass is 566 g/mol. The van der Waals surface area contributed by atoms with Crippen LogP contribution in [-0.2, 0) is 5.41 Å². The molecule has 10 rings (SSSR count). The minimum Gasteiger partial charge on any atom is -0.0616 e. The topological polar surface area (TPSA) is 0 Å². The summed E-state index contributed by atoms with van der Waals surface area (Å²) in [4.78, 5) is 0. The average Bonchev–Trinajstić information content (AvgIpc) is 3.28. The van der Waals surface area contributed by atoms with Crippen molar-refractivity contribution >= 4 is 26.7 Å². The van der Waals surface area contributed by atoms with Crippen LogP contribution < -0.4 is 0 Å². The maximum absolute atomic E-state index is 3.58. The Morgan fingerprint density at radius 2 is 1.08 bits per heavy atom. The van der Waals surface area contributed by atoms with E-state index in [2.05, 4.69) is 119 Å². The van der Waals surface area contributed by atoms with Gasteiger partial charge in [0.1, 0.15) is 0 Å². The summed E-state index contributed by atoms with van der Waals surface area (Å²) in [7, 11) is 0. The zero-order valence-corrected chi connectivity index (χ0v) is 23.6. The third kappa shape index (κ3) is 3.06. The lowest BCUT2D eigenvalue weighted by Crippen LogP contribution is -2.55. The molecule has 5 aromatic rings. The van der Waals surface area contributed by atoms with Crippen LogP contribution in [0.1, 0.15) is 43.2 Å². The first-order chi connectivity index (χ1) is 19.2. The van der Waals surface area contributed by atoms with Crippen molar-refractivity contribution in [2.24, 2.45) is 23.7 Å². The number of fused-ring (bicyclic) bond motifs is 5. The molecule has 0 aliphatic heterocycles. The van der Waals surface area contributed by atoms with E-state index in [1.54, 1.807) is 11.1 Å². The van der Waals surface area contributed by atoms with E-state index in [0.29, 0.717) is 0 Å². The van der Waals surface area contributed by atoms with Crippen LogP contribution in [0, 0.1) is 23.7 Å². The molecule has 0 unspecified atom stereocenters. The third-order valence-corrected chi connectivity index (χ3v) is 11.4. The second-order valence-electron chi connectivity index (χ2n) is 12.7. The van der Waals surface area contributed by atoms with E-state index in [1.165, 1.54) is 76.3 Å². The van der Waals surface area contributed by atoms with Gasteiger partial charge >= 0.3 is 0 Å². The number of hydrogen-bond donors (Lipinski definition) is 0. The lowest BCUT2D eigenvalue weighted by atomic mass is 9.42. The first-order valence-electron chi connectivity index (χ1n) is 14.7. The highest BCUT2D eigenvalue weighted by Gasteiger charge is 2.62. The maximum Gasteiger partial charge on any atom is 0.0284 e. The molecule has 39 heavy (non-hydrogen) atoms. The van der Waals surface area contributed by atoms with Gasteiger partial charge in [-0.05, 0) is 123 Å². The molecule has 5 aliphatic rings. The minimum absolute atomic E-state index is 0.139. The molecular weight excluding hydrogens is 536 g/mol. The molecule has 1 heteroatoms. The fourth-order valence-electron chi connectivity index (χ4n) is 9.76. The second kappa shape index (κ2) is 8.18. The Morgan fingerprint density at radius 3 is 1.79 bits per heavy atom. The van der Waals surface area contributed by atoms with Crippen LogP contribution >= 0.6 is 15.9 Å². The van der Waals surface area contributed by atoms with Gasteiger partial charge in [0.25, 0.3) is 0 Å². The first kappa shape index (κ1) is 22.6. The van der Waals surface area contributed by atoms with Crippen molar-refractivity contribution in [3.05, 3.63) is 119 Å². The van der Waals surface area contributed by atoms with Crippen molar-refractivity contribution in [3.63, 3.8) is 0 Å². The van der Waals surface area contributed by atoms with Gasteiger partial charge in [0.2, 0.25) is 0 Å². The molecule has 190 valence electrons.